The highest BCUT2D eigenvalue weighted by atomic mass is 32.2. The summed E-state index contributed by atoms with van der Waals surface area (Å²) in [5.41, 5.74) is 3.82. The van der Waals surface area contributed by atoms with E-state index in [2.05, 4.69) is 31.5 Å². The van der Waals surface area contributed by atoms with Crippen LogP contribution < -0.4 is 15.4 Å². The van der Waals surface area contributed by atoms with Gasteiger partial charge in [0.05, 0.1) is 23.8 Å². The SMILES string of the molecule is CCc1ccc(Nc2cc(NC3CC3)c3ncc(C#N)n3n2)cc1NS(C)(=O)=O. The minimum Gasteiger partial charge on any atom is -0.379 e. The second kappa shape index (κ2) is 7.25. The first-order chi connectivity index (χ1) is 13.9. The Morgan fingerprint density at radius 1 is 1.28 bits per heavy atom. The Hall–Kier alpha value is -3.32. The number of benzene rings is 1. The van der Waals surface area contributed by atoms with Gasteiger partial charge in [-0.2, -0.15) is 9.78 Å². The molecule has 29 heavy (non-hydrogen) atoms. The van der Waals surface area contributed by atoms with Crippen LogP contribution in [0.2, 0.25) is 0 Å². The number of imidazole rings is 1. The molecular formula is C19H21N7O2S. The number of fused-ring (bicyclic) bond motifs is 1. The summed E-state index contributed by atoms with van der Waals surface area (Å²) in [5, 5.41) is 20.4. The Labute approximate surface area is 168 Å². The van der Waals surface area contributed by atoms with Crippen LogP contribution in [0.1, 0.15) is 31.0 Å². The maximum Gasteiger partial charge on any atom is 0.229 e. The molecule has 1 fully saturated rings. The molecule has 0 amide bonds. The van der Waals surface area contributed by atoms with Crippen LogP contribution in [0, 0.1) is 11.3 Å². The normalized spacial score (nSPS) is 13.8. The van der Waals surface area contributed by atoms with Crippen LogP contribution in [-0.2, 0) is 16.4 Å². The van der Waals surface area contributed by atoms with Crippen LogP contribution in [-0.4, -0.2) is 35.3 Å². The van der Waals surface area contributed by atoms with E-state index in [1.165, 1.54) is 10.7 Å². The number of nitrogens with zero attached hydrogens (tertiary/aromatic N) is 4. The molecule has 3 aromatic rings. The minimum atomic E-state index is -3.39. The number of hydrogen-bond donors (Lipinski definition) is 3. The van der Waals surface area contributed by atoms with Crippen molar-refractivity contribution in [3.8, 4) is 6.07 Å². The molecule has 0 spiro atoms. The van der Waals surface area contributed by atoms with Crippen LogP contribution in [0.3, 0.4) is 0 Å². The van der Waals surface area contributed by atoms with E-state index in [0.29, 0.717) is 41.0 Å². The lowest BCUT2D eigenvalue weighted by Crippen LogP contribution is -2.11. The molecule has 10 heteroatoms. The largest absolute Gasteiger partial charge is 0.379 e. The number of hydrogen-bond acceptors (Lipinski definition) is 7. The predicted octanol–water partition coefficient (Wildman–Crippen LogP) is 2.85. The van der Waals surface area contributed by atoms with Crippen molar-refractivity contribution in [2.45, 2.75) is 32.2 Å². The fraction of sp³-hybridized carbons (Fsp3) is 0.316. The van der Waals surface area contributed by atoms with Gasteiger partial charge < -0.3 is 10.6 Å². The summed E-state index contributed by atoms with van der Waals surface area (Å²) in [6.07, 6.45) is 5.51. The van der Waals surface area contributed by atoms with Crippen molar-refractivity contribution in [2.24, 2.45) is 0 Å². The number of anilines is 4. The molecule has 0 unspecified atom stereocenters. The van der Waals surface area contributed by atoms with Crippen LogP contribution in [0.15, 0.2) is 30.5 Å². The number of rotatable bonds is 7. The van der Waals surface area contributed by atoms with E-state index in [0.717, 1.165) is 30.3 Å². The fourth-order valence-electron chi connectivity index (χ4n) is 3.06. The molecule has 1 aliphatic rings. The number of nitriles is 1. The smallest absolute Gasteiger partial charge is 0.229 e. The lowest BCUT2D eigenvalue weighted by Gasteiger charge is -2.14. The van der Waals surface area contributed by atoms with Crippen molar-refractivity contribution in [3.63, 3.8) is 0 Å². The highest BCUT2D eigenvalue weighted by molar-refractivity contribution is 7.92. The Kier molecular flexibility index (Phi) is 4.76. The zero-order valence-electron chi connectivity index (χ0n) is 16.1. The summed E-state index contributed by atoms with van der Waals surface area (Å²) in [6, 6.07) is 9.82. The van der Waals surface area contributed by atoms with E-state index < -0.39 is 10.0 Å². The van der Waals surface area contributed by atoms with Crippen LogP contribution in [0.5, 0.6) is 0 Å². The average Bonchev–Trinajstić information content (AvgIpc) is 3.37. The second-order valence-electron chi connectivity index (χ2n) is 7.08. The summed E-state index contributed by atoms with van der Waals surface area (Å²) < 4.78 is 27.4. The summed E-state index contributed by atoms with van der Waals surface area (Å²) >= 11 is 0. The van der Waals surface area contributed by atoms with Gasteiger partial charge in [0, 0.05) is 17.8 Å². The molecule has 2 heterocycles. The average molecular weight is 411 g/mol. The van der Waals surface area contributed by atoms with Crippen LogP contribution in [0.4, 0.5) is 22.9 Å². The Morgan fingerprint density at radius 2 is 2.07 bits per heavy atom. The monoisotopic (exact) mass is 411 g/mol. The zero-order chi connectivity index (χ0) is 20.6. The Bertz CT molecular complexity index is 1220. The van der Waals surface area contributed by atoms with E-state index in [1.807, 2.05) is 25.1 Å². The molecule has 1 aromatic carbocycles. The molecule has 4 rings (SSSR count). The predicted molar refractivity (Wildman–Crippen MR) is 112 cm³/mol. The van der Waals surface area contributed by atoms with E-state index in [1.54, 1.807) is 6.07 Å². The van der Waals surface area contributed by atoms with Gasteiger partial charge in [-0.1, -0.05) is 13.0 Å². The van der Waals surface area contributed by atoms with Gasteiger partial charge >= 0.3 is 0 Å². The Morgan fingerprint density at radius 3 is 2.72 bits per heavy atom. The number of aromatic nitrogens is 3. The quantitative estimate of drug-likeness (QED) is 0.546. The summed E-state index contributed by atoms with van der Waals surface area (Å²) in [4.78, 5) is 4.31. The van der Waals surface area contributed by atoms with E-state index >= 15 is 0 Å². The van der Waals surface area contributed by atoms with E-state index in [4.69, 9.17) is 0 Å². The van der Waals surface area contributed by atoms with Crippen molar-refractivity contribution in [1.82, 2.24) is 14.6 Å². The van der Waals surface area contributed by atoms with Gasteiger partial charge in [0.2, 0.25) is 10.0 Å². The first-order valence-corrected chi connectivity index (χ1v) is 11.2. The highest BCUT2D eigenvalue weighted by Gasteiger charge is 2.23. The molecule has 150 valence electrons. The van der Waals surface area contributed by atoms with Crippen LogP contribution >= 0.6 is 0 Å². The molecule has 1 aliphatic carbocycles. The molecule has 0 saturated heterocycles. The molecule has 0 radical (unpaired) electrons. The van der Waals surface area contributed by atoms with Crippen molar-refractivity contribution >= 4 is 38.6 Å². The maximum absolute atomic E-state index is 11.7. The number of aryl methyl sites for hydroxylation is 1. The van der Waals surface area contributed by atoms with Gasteiger partial charge in [0.1, 0.15) is 6.07 Å². The van der Waals surface area contributed by atoms with Crippen molar-refractivity contribution in [2.75, 3.05) is 21.6 Å². The van der Waals surface area contributed by atoms with E-state index in [-0.39, 0.29) is 0 Å². The van der Waals surface area contributed by atoms with Crippen molar-refractivity contribution < 1.29 is 8.42 Å². The van der Waals surface area contributed by atoms with Gasteiger partial charge in [-0.3, -0.25) is 4.72 Å². The van der Waals surface area contributed by atoms with Crippen molar-refractivity contribution in [3.05, 3.63) is 41.7 Å². The lowest BCUT2D eigenvalue weighted by molar-refractivity contribution is 0.606. The van der Waals surface area contributed by atoms with Crippen molar-refractivity contribution in [1.29, 1.82) is 5.26 Å². The molecule has 0 atom stereocenters. The molecule has 9 nitrogen and oxygen atoms in total. The third-order valence-electron chi connectivity index (χ3n) is 4.58. The molecule has 2 aromatic heterocycles. The zero-order valence-corrected chi connectivity index (χ0v) is 16.9. The molecule has 0 aliphatic heterocycles. The highest BCUT2D eigenvalue weighted by Crippen LogP contribution is 2.30. The first-order valence-electron chi connectivity index (χ1n) is 9.29. The molecular weight excluding hydrogens is 390 g/mol. The van der Waals surface area contributed by atoms with Gasteiger partial charge in [-0.25, -0.2) is 13.4 Å². The summed E-state index contributed by atoms with van der Waals surface area (Å²) in [5.74, 6) is 0.518. The third kappa shape index (κ3) is 4.25. The molecule has 1 saturated carbocycles. The van der Waals surface area contributed by atoms with Gasteiger partial charge in [-0.05, 0) is 37.0 Å². The van der Waals surface area contributed by atoms with Gasteiger partial charge in [0.25, 0.3) is 0 Å². The van der Waals surface area contributed by atoms with Gasteiger partial charge in [-0.15, -0.1) is 5.10 Å². The van der Waals surface area contributed by atoms with E-state index in [9.17, 15) is 13.7 Å². The maximum atomic E-state index is 11.7. The number of sulfonamides is 1. The lowest BCUT2D eigenvalue weighted by atomic mass is 10.1. The first kappa shape index (κ1) is 19.0. The molecule has 3 N–H and O–H groups in total. The number of nitrogens with one attached hydrogen (secondary N) is 3. The topological polar surface area (TPSA) is 124 Å². The van der Waals surface area contributed by atoms with Gasteiger partial charge in [0.15, 0.2) is 17.2 Å². The van der Waals surface area contributed by atoms with Crippen LogP contribution in [0.25, 0.3) is 5.65 Å². The summed E-state index contributed by atoms with van der Waals surface area (Å²) in [7, 11) is -3.39. The molecule has 0 bridgehead atoms. The fourth-order valence-corrected chi connectivity index (χ4v) is 3.65. The minimum absolute atomic E-state index is 0.336. The summed E-state index contributed by atoms with van der Waals surface area (Å²) in [6.45, 7) is 1.96. The standard InChI is InChI=1S/C19H21N7O2S/c1-3-12-4-5-14(8-16(12)25-29(2,27)28)23-18-9-17(22-13-6-7-13)19-21-11-15(10-20)26(19)24-18/h4-5,8-9,11,13,22,25H,3,6-7H2,1-2H3,(H,23,24). The Balaban J connectivity index is 1.72. The second-order valence-corrected chi connectivity index (χ2v) is 8.83. The third-order valence-corrected chi connectivity index (χ3v) is 5.17.